The molecular formula is C13H11Cl2NO2. The lowest BCUT2D eigenvalue weighted by atomic mass is 9.99. The molecule has 0 heterocycles. The Balaban J connectivity index is 2.19. The van der Waals surface area contributed by atoms with Gasteiger partial charge in [0.25, 0.3) is 0 Å². The van der Waals surface area contributed by atoms with Crippen molar-refractivity contribution in [1.82, 2.24) is 0 Å². The predicted octanol–water partition coefficient (Wildman–Crippen LogP) is 3.48. The Morgan fingerprint density at radius 3 is 2.83 bits per heavy atom. The molecule has 1 atom stereocenters. The highest BCUT2D eigenvalue weighted by Gasteiger charge is 2.33. The molecule has 0 fully saturated rings. The highest BCUT2D eigenvalue weighted by atomic mass is 35.5. The Hall–Kier alpha value is -1.45. The lowest BCUT2D eigenvalue weighted by molar-refractivity contribution is -0.117. The van der Waals surface area contributed by atoms with Crippen LogP contribution in [0.1, 0.15) is 6.42 Å². The zero-order valence-electron chi connectivity index (χ0n) is 9.36. The number of phenols is 1. The van der Waals surface area contributed by atoms with Crippen molar-refractivity contribution in [3.63, 3.8) is 0 Å². The van der Waals surface area contributed by atoms with Crippen LogP contribution >= 0.6 is 23.2 Å². The van der Waals surface area contributed by atoms with E-state index in [1.807, 2.05) is 12.2 Å². The molecule has 1 amide bonds. The Morgan fingerprint density at radius 1 is 1.39 bits per heavy atom. The fraction of sp³-hybridized carbons (Fsp3) is 0.154. The Bertz CT molecular complexity index is 540. The largest absolute Gasteiger partial charge is 0.506 e. The van der Waals surface area contributed by atoms with Gasteiger partial charge in [-0.1, -0.05) is 35.9 Å². The molecule has 1 aliphatic rings. The first-order valence-electron chi connectivity index (χ1n) is 5.34. The second-order valence-electron chi connectivity index (χ2n) is 3.97. The number of benzene rings is 1. The summed E-state index contributed by atoms with van der Waals surface area (Å²) < 4.78 is 0. The normalized spacial score (nSPS) is 21.9. The van der Waals surface area contributed by atoms with Gasteiger partial charge in [0.05, 0.1) is 5.69 Å². The average molecular weight is 284 g/mol. The second kappa shape index (κ2) is 5.04. The molecule has 0 radical (unpaired) electrons. The van der Waals surface area contributed by atoms with Crippen LogP contribution in [0.3, 0.4) is 0 Å². The number of carbonyl (C=O) groups is 1. The Labute approximate surface area is 115 Å². The number of amides is 1. The van der Waals surface area contributed by atoms with Crippen LogP contribution in [-0.2, 0) is 4.79 Å². The van der Waals surface area contributed by atoms with Gasteiger partial charge in [0.2, 0.25) is 5.91 Å². The van der Waals surface area contributed by atoms with Crippen LogP contribution in [0.15, 0.2) is 42.5 Å². The number of halogens is 2. The minimum atomic E-state index is -1.12. The molecule has 2 N–H and O–H groups in total. The standard InChI is InChI=1S/C13H11Cl2NO2/c14-9-4-5-11(17)10(8-9)16-12(18)13(15)6-2-1-3-7-13/h1-6,8,17H,7H2,(H,16,18). The van der Waals surface area contributed by atoms with E-state index in [4.69, 9.17) is 23.2 Å². The van der Waals surface area contributed by atoms with Gasteiger partial charge in [-0.25, -0.2) is 0 Å². The summed E-state index contributed by atoms with van der Waals surface area (Å²) in [5.41, 5.74) is 0.246. The first-order valence-corrected chi connectivity index (χ1v) is 6.10. The maximum atomic E-state index is 12.1. The van der Waals surface area contributed by atoms with Gasteiger partial charge < -0.3 is 10.4 Å². The number of hydrogen-bond donors (Lipinski definition) is 2. The number of nitrogens with one attached hydrogen (secondary N) is 1. The molecular weight excluding hydrogens is 273 g/mol. The van der Waals surface area contributed by atoms with Gasteiger partial charge in [0.1, 0.15) is 10.6 Å². The topological polar surface area (TPSA) is 49.3 Å². The van der Waals surface area contributed by atoms with E-state index < -0.39 is 10.8 Å². The fourth-order valence-electron chi connectivity index (χ4n) is 1.60. The molecule has 0 saturated carbocycles. The van der Waals surface area contributed by atoms with Crippen molar-refractivity contribution in [3.05, 3.63) is 47.5 Å². The smallest absolute Gasteiger partial charge is 0.249 e. The Morgan fingerprint density at radius 2 is 2.17 bits per heavy atom. The highest BCUT2D eigenvalue weighted by molar-refractivity contribution is 6.38. The summed E-state index contributed by atoms with van der Waals surface area (Å²) in [4.78, 5) is 10.9. The summed E-state index contributed by atoms with van der Waals surface area (Å²) >= 11 is 12.0. The molecule has 5 heteroatoms. The molecule has 1 unspecified atom stereocenters. The molecule has 3 nitrogen and oxygen atoms in total. The number of aromatic hydroxyl groups is 1. The molecule has 1 aromatic carbocycles. The van der Waals surface area contributed by atoms with Crippen molar-refractivity contribution in [2.75, 3.05) is 5.32 Å². The molecule has 94 valence electrons. The van der Waals surface area contributed by atoms with Gasteiger partial charge in [-0.05, 0) is 24.6 Å². The van der Waals surface area contributed by atoms with E-state index in [1.54, 1.807) is 12.2 Å². The van der Waals surface area contributed by atoms with Crippen molar-refractivity contribution in [3.8, 4) is 5.75 Å². The first-order chi connectivity index (χ1) is 8.51. The molecule has 0 spiro atoms. The quantitative estimate of drug-likeness (QED) is 0.645. The van der Waals surface area contributed by atoms with E-state index in [-0.39, 0.29) is 11.4 Å². The van der Waals surface area contributed by atoms with E-state index in [9.17, 15) is 9.90 Å². The zero-order chi connectivity index (χ0) is 13.2. The molecule has 0 aliphatic heterocycles. The van der Waals surface area contributed by atoms with Crippen LogP contribution in [-0.4, -0.2) is 15.9 Å². The summed E-state index contributed by atoms with van der Waals surface area (Å²) in [5, 5.41) is 12.6. The fourth-order valence-corrected chi connectivity index (χ4v) is 1.98. The third-order valence-corrected chi connectivity index (χ3v) is 3.29. The van der Waals surface area contributed by atoms with E-state index in [1.165, 1.54) is 18.2 Å². The lowest BCUT2D eigenvalue weighted by Gasteiger charge is -2.22. The number of rotatable bonds is 2. The van der Waals surface area contributed by atoms with Gasteiger partial charge in [-0.2, -0.15) is 0 Å². The highest BCUT2D eigenvalue weighted by Crippen LogP contribution is 2.31. The van der Waals surface area contributed by atoms with E-state index in [0.717, 1.165) is 0 Å². The van der Waals surface area contributed by atoms with Crippen LogP contribution in [0.2, 0.25) is 5.02 Å². The van der Waals surface area contributed by atoms with Crippen molar-refractivity contribution in [2.45, 2.75) is 11.3 Å². The number of hydrogen-bond acceptors (Lipinski definition) is 2. The average Bonchev–Trinajstić information content (AvgIpc) is 2.35. The third-order valence-electron chi connectivity index (χ3n) is 2.61. The monoisotopic (exact) mass is 283 g/mol. The molecule has 0 saturated heterocycles. The number of phenolic OH excluding ortho intramolecular Hbond substituents is 1. The number of allylic oxidation sites excluding steroid dienone is 3. The van der Waals surface area contributed by atoms with Gasteiger partial charge in [0, 0.05) is 5.02 Å². The SMILES string of the molecule is O=C(Nc1cc(Cl)ccc1O)C1(Cl)C=CC=CC1. The molecule has 1 aromatic rings. The van der Waals surface area contributed by atoms with Gasteiger partial charge in [-0.3, -0.25) is 4.79 Å². The van der Waals surface area contributed by atoms with Crippen LogP contribution in [0, 0.1) is 0 Å². The van der Waals surface area contributed by atoms with Crippen LogP contribution < -0.4 is 5.32 Å². The minimum Gasteiger partial charge on any atom is -0.506 e. The third kappa shape index (κ3) is 2.68. The molecule has 1 aliphatic carbocycles. The summed E-state index contributed by atoms with van der Waals surface area (Å²) in [6.45, 7) is 0. The van der Waals surface area contributed by atoms with Crippen LogP contribution in [0.25, 0.3) is 0 Å². The van der Waals surface area contributed by atoms with Crippen molar-refractivity contribution >= 4 is 34.8 Å². The molecule has 0 bridgehead atoms. The second-order valence-corrected chi connectivity index (χ2v) is 5.08. The van der Waals surface area contributed by atoms with Gasteiger partial charge >= 0.3 is 0 Å². The van der Waals surface area contributed by atoms with Crippen LogP contribution in [0.5, 0.6) is 5.75 Å². The molecule has 2 rings (SSSR count). The summed E-state index contributed by atoms with van der Waals surface area (Å²) in [6.07, 6.45) is 7.37. The summed E-state index contributed by atoms with van der Waals surface area (Å²) in [7, 11) is 0. The maximum absolute atomic E-state index is 12.1. The van der Waals surface area contributed by atoms with Crippen molar-refractivity contribution in [1.29, 1.82) is 0 Å². The number of carbonyl (C=O) groups excluding carboxylic acids is 1. The number of anilines is 1. The van der Waals surface area contributed by atoms with E-state index in [2.05, 4.69) is 5.32 Å². The summed E-state index contributed by atoms with van der Waals surface area (Å²) in [5.74, 6) is -0.453. The maximum Gasteiger partial charge on any atom is 0.249 e. The van der Waals surface area contributed by atoms with E-state index >= 15 is 0 Å². The summed E-state index contributed by atoms with van der Waals surface area (Å²) in [6, 6.07) is 4.42. The van der Waals surface area contributed by atoms with Gasteiger partial charge in [-0.15, -0.1) is 11.6 Å². The predicted molar refractivity (Wildman–Crippen MR) is 73.2 cm³/mol. The molecule has 18 heavy (non-hydrogen) atoms. The van der Waals surface area contributed by atoms with Crippen molar-refractivity contribution < 1.29 is 9.90 Å². The number of alkyl halides is 1. The van der Waals surface area contributed by atoms with Crippen LogP contribution in [0.4, 0.5) is 5.69 Å². The molecule has 0 aromatic heterocycles. The zero-order valence-corrected chi connectivity index (χ0v) is 10.9. The first kappa shape index (κ1) is 13.0. The lowest BCUT2D eigenvalue weighted by Crippen LogP contribution is -2.36. The minimum absolute atomic E-state index is 0.0525. The van der Waals surface area contributed by atoms with Gasteiger partial charge in [0.15, 0.2) is 0 Å². The van der Waals surface area contributed by atoms with Crippen molar-refractivity contribution in [2.24, 2.45) is 0 Å². The Kier molecular flexibility index (Phi) is 3.64. The van der Waals surface area contributed by atoms with E-state index in [0.29, 0.717) is 11.4 Å².